The van der Waals surface area contributed by atoms with Crippen LogP contribution >= 0.6 is 0 Å². The molecule has 0 bridgehead atoms. The van der Waals surface area contributed by atoms with Gasteiger partial charge in [-0.2, -0.15) is 0 Å². The summed E-state index contributed by atoms with van der Waals surface area (Å²) < 4.78 is 5.00. The van der Waals surface area contributed by atoms with Gasteiger partial charge in [-0.15, -0.1) is 0 Å². The first-order valence-corrected chi connectivity index (χ1v) is 11.1. The van der Waals surface area contributed by atoms with Gasteiger partial charge in [-0.1, -0.05) is 30.3 Å². The fourth-order valence-electron chi connectivity index (χ4n) is 4.22. The van der Waals surface area contributed by atoms with E-state index in [1.54, 1.807) is 29.3 Å². The summed E-state index contributed by atoms with van der Waals surface area (Å²) in [6, 6.07) is 16.7. The monoisotopic (exact) mass is 443 g/mol. The summed E-state index contributed by atoms with van der Waals surface area (Å²) in [6.07, 6.45) is 2.33. The summed E-state index contributed by atoms with van der Waals surface area (Å²) in [5.74, 6) is 0.327. The third-order valence-corrected chi connectivity index (χ3v) is 6.19. The minimum Gasteiger partial charge on any atom is -0.320 e. The van der Waals surface area contributed by atoms with Crippen LogP contribution in [0, 0.1) is 6.92 Å². The van der Waals surface area contributed by atoms with Crippen molar-refractivity contribution >= 4 is 22.5 Å². The number of carbonyl (C=O) groups excluding carboxylic acids is 1. The number of carbonyl (C=O) groups is 1. The van der Waals surface area contributed by atoms with E-state index in [0.717, 1.165) is 18.5 Å². The number of hydrogen-bond acceptors (Lipinski definition) is 4. The summed E-state index contributed by atoms with van der Waals surface area (Å²) in [5, 5.41) is 3.38. The Morgan fingerprint density at radius 1 is 1.03 bits per heavy atom. The molecule has 1 aliphatic carbocycles. The van der Waals surface area contributed by atoms with Crippen molar-refractivity contribution in [2.24, 2.45) is 7.05 Å². The van der Waals surface area contributed by atoms with Gasteiger partial charge in [0.05, 0.1) is 22.3 Å². The lowest BCUT2D eigenvalue weighted by molar-refractivity contribution is -0.116. The Morgan fingerprint density at radius 3 is 2.45 bits per heavy atom. The number of hydrogen-bond donors (Lipinski definition) is 1. The van der Waals surface area contributed by atoms with E-state index in [1.807, 2.05) is 48.5 Å². The summed E-state index contributed by atoms with van der Waals surface area (Å²) in [4.78, 5) is 43.5. The molecular weight excluding hydrogens is 418 g/mol. The summed E-state index contributed by atoms with van der Waals surface area (Å²) in [5.41, 5.74) is 1.95. The van der Waals surface area contributed by atoms with Crippen LogP contribution in [0.15, 0.2) is 64.2 Å². The second-order valence-corrected chi connectivity index (χ2v) is 8.44. The molecule has 0 spiro atoms. The van der Waals surface area contributed by atoms with Crippen molar-refractivity contribution in [3.63, 3.8) is 0 Å². The number of anilines is 1. The lowest BCUT2D eigenvalue weighted by Crippen LogP contribution is -2.26. The van der Waals surface area contributed by atoms with E-state index >= 15 is 0 Å². The van der Waals surface area contributed by atoms with Crippen molar-refractivity contribution in [1.29, 1.82) is 0 Å². The minimum atomic E-state index is -0.286. The Kier molecular flexibility index (Phi) is 5.20. The van der Waals surface area contributed by atoms with E-state index in [-0.39, 0.29) is 35.2 Å². The second-order valence-electron chi connectivity index (χ2n) is 8.44. The van der Waals surface area contributed by atoms with Gasteiger partial charge in [0, 0.05) is 25.9 Å². The zero-order valence-electron chi connectivity index (χ0n) is 18.6. The molecule has 4 aromatic rings. The van der Waals surface area contributed by atoms with Crippen molar-refractivity contribution in [2.75, 3.05) is 5.32 Å². The van der Waals surface area contributed by atoms with Gasteiger partial charge in [0.1, 0.15) is 11.5 Å². The molecule has 2 heterocycles. The van der Waals surface area contributed by atoms with Crippen molar-refractivity contribution in [1.82, 2.24) is 18.9 Å². The molecule has 1 fully saturated rings. The highest BCUT2D eigenvalue weighted by atomic mass is 16.2. The quantitative estimate of drug-likeness (QED) is 0.496. The summed E-state index contributed by atoms with van der Waals surface area (Å²) >= 11 is 0. The lowest BCUT2D eigenvalue weighted by Gasteiger charge is -2.12. The Hall–Kier alpha value is -3.94. The van der Waals surface area contributed by atoms with E-state index in [0.29, 0.717) is 28.8 Å². The third-order valence-electron chi connectivity index (χ3n) is 6.19. The molecule has 2 aromatic heterocycles. The highest BCUT2D eigenvalue weighted by Crippen LogP contribution is 2.35. The van der Waals surface area contributed by atoms with Gasteiger partial charge in [0.2, 0.25) is 5.91 Å². The van der Waals surface area contributed by atoms with E-state index in [2.05, 4.69) is 10.3 Å². The van der Waals surface area contributed by atoms with E-state index in [4.69, 9.17) is 0 Å². The first-order chi connectivity index (χ1) is 16.0. The number of fused-ring (bicyclic) bond motifs is 1. The van der Waals surface area contributed by atoms with Gasteiger partial charge in [-0.05, 0) is 44.0 Å². The molecule has 0 radical (unpaired) electrons. The van der Waals surface area contributed by atoms with Crippen LogP contribution in [0.4, 0.5) is 5.69 Å². The van der Waals surface area contributed by atoms with Crippen molar-refractivity contribution < 1.29 is 4.79 Å². The van der Waals surface area contributed by atoms with Gasteiger partial charge in [0.15, 0.2) is 0 Å². The van der Waals surface area contributed by atoms with Crippen molar-refractivity contribution in [3.05, 3.63) is 86.8 Å². The van der Waals surface area contributed by atoms with Crippen molar-refractivity contribution in [2.45, 2.75) is 38.6 Å². The smallest absolute Gasteiger partial charge is 0.295 e. The van der Waals surface area contributed by atoms with Crippen LogP contribution in [0.25, 0.3) is 16.6 Å². The van der Waals surface area contributed by atoms with Gasteiger partial charge < -0.3 is 5.32 Å². The van der Waals surface area contributed by atoms with Crippen LogP contribution in [0.3, 0.4) is 0 Å². The standard InChI is InChI=1S/C25H25N5O3/c1-16-23(25(33)30(28(16)2)18-8-4-3-5-9-18)27-22(31)15-14-21-26-20-11-7-6-10-19(20)24(32)29(21)17-12-13-17/h3-11,17H,12-15H2,1-2H3,(H,27,31). The molecule has 1 aliphatic rings. The van der Waals surface area contributed by atoms with Crippen LogP contribution in [0.1, 0.15) is 36.8 Å². The van der Waals surface area contributed by atoms with Gasteiger partial charge in [0.25, 0.3) is 11.1 Å². The molecule has 33 heavy (non-hydrogen) atoms. The maximum Gasteiger partial charge on any atom is 0.295 e. The predicted molar refractivity (Wildman–Crippen MR) is 127 cm³/mol. The Bertz CT molecular complexity index is 1480. The second kappa shape index (κ2) is 8.20. The maximum absolute atomic E-state index is 13.0. The van der Waals surface area contributed by atoms with Crippen LogP contribution in [0.5, 0.6) is 0 Å². The molecule has 1 N–H and O–H groups in total. The van der Waals surface area contributed by atoms with Crippen LogP contribution in [-0.2, 0) is 18.3 Å². The zero-order chi connectivity index (χ0) is 23.1. The minimum absolute atomic E-state index is 0.0526. The molecule has 168 valence electrons. The molecular formula is C25H25N5O3. The molecule has 8 heteroatoms. The summed E-state index contributed by atoms with van der Waals surface area (Å²) in [6.45, 7) is 1.80. The number of amides is 1. The first-order valence-electron chi connectivity index (χ1n) is 11.1. The number of para-hydroxylation sites is 2. The van der Waals surface area contributed by atoms with Crippen LogP contribution < -0.4 is 16.4 Å². The fraction of sp³-hybridized carbons (Fsp3) is 0.280. The Labute approximate surface area is 190 Å². The Morgan fingerprint density at radius 2 is 1.73 bits per heavy atom. The lowest BCUT2D eigenvalue weighted by atomic mass is 10.2. The Balaban J connectivity index is 1.39. The molecule has 2 aromatic carbocycles. The zero-order valence-corrected chi connectivity index (χ0v) is 18.6. The average molecular weight is 444 g/mol. The maximum atomic E-state index is 13.0. The molecule has 0 saturated heterocycles. The SMILES string of the molecule is Cc1c(NC(=O)CCc2nc3ccccc3c(=O)n2C2CC2)c(=O)n(-c2ccccc2)n1C. The van der Waals surface area contributed by atoms with Crippen LogP contribution in [0.2, 0.25) is 0 Å². The van der Waals surface area contributed by atoms with Gasteiger partial charge in [-0.25, -0.2) is 9.67 Å². The highest BCUT2D eigenvalue weighted by Gasteiger charge is 2.28. The largest absolute Gasteiger partial charge is 0.320 e. The number of nitrogens with one attached hydrogen (secondary N) is 1. The van der Waals surface area contributed by atoms with E-state index in [9.17, 15) is 14.4 Å². The summed E-state index contributed by atoms with van der Waals surface area (Å²) in [7, 11) is 1.78. The molecule has 1 saturated carbocycles. The molecule has 0 unspecified atom stereocenters. The molecule has 8 nitrogen and oxygen atoms in total. The topological polar surface area (TPSA) is 90.9 Å². The van der Waals surface area contributed by atoms with Crippen LogP contribution in [-0.4, -0.2) is 24.8 Å². The molecule has 0 aliphatic heterocycles. The van der Waals surface area contributed by atoms with Crippen molar-refractivity contribution in [3.8, 4) is 5.69 Å². The number of aryl methyl sites for hydroxylation is 1. The average Bonchev–Trinajstić information content (AvgIpc) is 3.63. The van der Waals surface area contributed by atoms with E-state index < -0.39 is 0 Å². The predicted octanol–water partition coefficient (Wildman–Crippen LogP) is 3.10. The molecule has 1 amide bonds. The van der Waals surface area contributed by atoms with Gasteiger partial charge in [-0.3, -0.25) is 23.6 Å². The normalized spacial score (nSPS) is 13.4. The van der Waals surface area contributed by atoms with Gasteiger partial charge >= 0.3 is 0 Å². The molecule has 5 rings (SSSR count). The first kappa shape index (κ1) is 20.9. The molecule has 0 atom stereocenters. The number of benzene rings is 2. The number of nitrogens with zero attached hydrogens (tertiary/aromatic N) is 4. The fourth-order valence-corrected chi connectivity index (χ4v) is 4.22. The van der Waals surface area contributed by atoms with E-state index in [1.165, 1.54) is 4.68 Å². The number of aromatic nitrogens is 4. The number of rotatable bonds is 6. The highest BCUT2D eigenvalue weighted by molar-refractivity contribution is 5.91. The third kappa shape index (κ3) is 3.77.